The number of hydrogen-bond donors (Lipinski definition) is 1. The van der Waals surface area contributed by atoms with Crippen molar-refractivity contribution < 1.29 is 0 Å². The summed E-state index contributed by atoms with van der Waals surface area (Å²) in [4.78, 5) is 4.55. The quantitative estimate of drug-likeness (QED) is 0.832. The lowest BCUT2D eigenvalue weighted by Crippen LogP contribution is -2.26. The van der Waals surface area contributed by atoms with Crippen LogP contribution in [0.2, 0.25) is 0 Å². The topological polar surface area (TPSA) is 42.2 Å². The first-order valence-electron chi connectivity index (χ1n) is 6.99. The molecule has 0 spiro atoms. The minimum atomic E-state index is 0.670. The van der Waals surface area contributed by atoms with Gasteiger partial charge < -0.3 is 5.32 Å². The lowest BCUT2D eigenvalue weighted by atomic mass is 10.1. The molecule has 1 saturated carbocycles. The predicted octanol–water partition coefficient (Wildman–Crippen LogP) is 2.03. The standard InChI is InChI=1S/C14H18N4/c1-2-4-10(3-1)12-7-14-16-9-11-8-15-6-5-13(11)18(14)17-12/h7,9-10,15H,1-6,8H2. The summed E-state index contributed by atoms with van der Waals surface area (Å²) < 4.78 is 2.09. The number of aromatic nitrogens is 3. The molecule has 0 unspecified atom stereocenters. The van der Waals surface area contributed by atoms with Crippen LogP contribution < -0.4 is 5.32 Å². The Kier molecular flexibility index (Phi) is 2.36. The summed E-state index contributed by atoms with van der Waals surface area (Å²) in [5.41, 5.74) is 4.93. The van der Waals surface area contributed by atoms with E-state index in [1.54, 1.807) is 0 Å². The van der Waals surface area contributed by atoms with E-state index in [0.717, 1.165) is 25.2 Å². The molecular weight excluding hydrogens is 224 g/mol. The van der Waals surface area contributed by atoms with Gasteiger partial charge in [0, 0.05) is 43.3 Å². The Bertz CT molecular complexity index is 581. The average molecular weight is 242 g/mol. The number of nitrogens with one attached hydrogen (secondary N) is 1. The molecule has 94 valence electrons. The molecule has 0 radical (unpaired) electrons. The van der Waals surface area contributed by atoms with Crippen LogP contribution in [-0.4, -0.2) is 21.1 Å². The molecular formula is C14H18N4. The lowest BCUT2D eigenvalue weighted by molar-refractivity contribution is 0.603. The van der Waals surface area contributed by atoms with Crippen molar-refractivity contribution in [3.63, 3.8) is 0 Å². The SMILES string of the molecule is c1nc2cc(C3CCCC3)nn2c2c1CNCC2. The second-order valence-corrected chi connectivity index (χ2v) is 5.48. The highest BCUT2D eigenvalue weighted by atomic mass is 15.3. The summed E-state index contributed by atoms with van der Waals surface area (Å²) in [6, 6.07) is 2.19. The molecule has 0 atom stereocenters. The van der Waals surface area contributed by atoms with Crippen molar-refractivity contribution in [3.8, 4) is 0 Å². The Morgan fingerprint density at radius 3 is 3.06 bits per heavy atom. The molecule has 4 nitrogen and oxygen atoms in total. The van der Waals surface area contributed by atoms with Crippen LogP contribution in [-0.2, 0) is 13.0 Å². The Labute approximate surface area is 106 Å². The van der Waals surface area contributed by atoms with E-state index < -0.39 is 0 Å². The second-order valence-electron chi connectivity index (χ2n) is 5.48. The van der Waals surface area contributed by atoms with E-state index in [0.29, 0.717) is 5.92 Å². The normalized spacial score (nSPS) is 20.4. The molecule has 3 heterocycles. The Morgan fingerprint density at radius 1 is 1.28 bits per heavy atom. The third kappa shape index (κ3) is 1.56. The van der Waals surface area contributed by atoms with Gasteiger partial charge in [0.05, 0.1) is 11.4 Å². The molecule has 0 amide bonds. The maximum Gasteiger partial charge on any atom is 0.155 e. The van der Waals surface area contributed by atoms with Gasteiger partial charge >= 0.3 is 0 Å². The molecule has 0 aromatic carbocycles. The minimum absolute atomic E-state index is 0.670. The summed E-state index contributed by atoms with van der Waals surface area (Å²) in [5.74, 6) is 0.670. The first kappa shape index (κ1) is 10.5. The molecule has 4 heteroatoms. The molecule has 0 saturated heterocycles. The fourth-order valence-corrected chi connectivity index (χ4v) is 3.30. The molecule has 4 rings (SSSR count). The van der Waals surface area contributed by atoms with Crippen LogP contribution in [0.1, 0.15) is 48.6 Å². The van der Waals surface area contributed by atoms with Gasteiger partial charge in [-0.3, -0.25) is 0 Å². The van der Waals surface area contributed by atoms with Crippen molar-refractivity contribution in [2.75, 3.05) is 6.54 Å². The maximum atomic E-state index is 4.83. The van der Waals surface area contributed by atoms with Gasteiger partial charge in [-0.15, -0.1) is 0 Å². The third-order valence-corrected chi connectivity index (χ3v) is 4.32. The largest absolute Gasteiger partial charge is 0.312 e. The van der Waals surface area contributed by atoms with Crippen LogP contribution in [0, 0.1) is 0 Å². The van der Waals surface area contributed by atoms with Crippen LogP contribution in [0.5, 0.6) is 0 Å². The molecule has 1 aliphatic carbocycles. The maximum absolute atomic E-state index is 4.83. The van der Waals surface area contributed by atoms with Crippen molar-refractivity contribution in [2.45, 2.75) is 44.6 Å². The monoisotopic (exact) mass is 242 g/mol. The fraction of sp³-hybridized carbons (Fsp3) is 0.571. The van der Waals surface area contributed by atoms with Crippen LogP contribution in [0.25, 0.3) is 5.65 Å². The Hall–Kier alpha value is -1.42. The lowest BCUT2D eigenvalue weighted by Gasteiger charge is -2.16. The van der Waals surface area contributed by atoms with E-state index in [1.807, 2.05) is 6.20 Å². The highest BCUT2D eigenvalue weighted by Crippen LogP contribution is 2.33. The smallest absolute Gasteiger partial charge is 0.155 e. The Morgan fingerprint density at radius 2 is 2.17 bits per heavy atom. The van der Waals surface area contributed by atoms with Crippen molar-refractivity contribution in [3.05, 3.63) is 29.2 Å². The highest BCUT2D eigenvalue weighted by Gasteiger charge is 2.22. The second kappa shape index (κ2) is 4.05. The van der Waals surface area contributed by atoms with Gasteiger partial charge in [-0.1, -0.05) is 12.8 Å². The van der Waals surface area contributed by atoms with Crippen LogP contribution in [0.15, 0.2) is 12.3 Å². The van der Waals surface area contributed by atoms with E-state index in [1.165, 1.54) is 42.6 Å². The molecule has 0 bridgehead atoms. The molecule has 2 aliphatic rings. The first-order valence-corrected chi connectivity index (χ1v) is 6.99. The molecule has 2 aromatic rings. The van der Waals surface area contributed by atoms with Crippen LogP contribution in [0.4, 0.5) is 0 Å². The summed E-state index contributed by atoms with van der Waals surface area (Å²) in [7, 11) is 0. The Balaban J connectivity index is 1.84. The molecule has 1 fully saturated rings. The van der Waals surface area contributed by atoms with Gasteiger partial charge in [0.15, 0.2) is 5.65 Å². The van der Waals surface area contributed by atoms with Gasteiger partial charge in [0.25, 0.3) is 0 Å². The molecule has 18 heavy (non-hydrogen) atoms. The van der Waals surface area contributed by atoms with Gasteiger partial charge in [0.2, 0.25) is 0 Å². The third-order valence-electron chi connectivity index (χ3n) is 4.32. The highest BCUT2D eigenvalue weighted by molar-refractivity contribution is 5.43. The number of fused-ring (bicyclic) bond motifs is 3. The van der Waals surface area contributed by atoms with Crippen molar-refractivity contribution in [2.24, 2.45) is 0 Å². The van der Waals surface area contributed by atoms with Crippen molar-refractivity contribution in [1.29, 1.82) is 0 Å². The summed E-state index contributed by atoms with van der Waals surface area (Å²) in [6.07, 6.45) is 8.38. The summed E-state index contributed by atoms with van der Waals surface area (Å²) in [5, 5.41) is 8.22. The molecule has 1 aliphatic heterocycles. The van der Waals surface area contributed by atoms with E-state index in [-0.39, 0.29) is 0 Å². The number of nitrogens with zero attached hydrogens (tertiary/aromatic N) is 3. The zero-order chi connectivity index (χ0) is 11.9. The van der Waals surface area contributed by atoms with Gasteiger partial charge in [-0.2, -0.15) is 5.10 Å². The van der Waals surface area contributed by atoms with Gasteiger partial charge in [-0.05, 0) is 12.8 Å². The fourth-order valence-electron chi connectivity index (χ4n) is 3.30. The number of rotatable bonds is 1. The van der Waals surface area contributed by atoms with Crippen molar-refractivity contribution >= 4 is 5.65 Å². The molecule has 1 N–H and O–H groups in total. The van der Waals surface area contributed by atoms with E-state index in [9.17, 15) is 0 Å². The van der Waals surface area contributed by atoms with Crippen LogP contribution >= 0.6 is 0 Å². The van der Waals surface area contributed by atoms with E-state index in [4.69, 9.17) is 5.10 Å². The van der Waals surface area contributed by atoms with Gasteiger partial charge in [0.1, 0.15) is 0 Å². The average Bonchev–Trinajstić information content (AvgIpc) is 3.07. The van der Waals surface area contributed by atoms with E-state index >= 15 is 0 Å². The zero-order valence-electron chi connectivity index (χ0n) is 10.5. The van der Waals surface area contributed by atoms with Crippen molar-refractivity contribution in [1.82, 2.24) is 19.9 Å². The number of hydrogen-bond acceptors (Lipinski definition) is 3. The molecule has 2 aromatic heterocycles. The summed E-state index contributed by atoms with van der Waals surface area (Å²) in [6.45, 7) is 1.97. The van der Waals surface area contributed by atoms with Gasteiger partial charge in [-0.25, -0.2) is 9.50 Å². The zero-order valence-corrected chi connectivity index (χ0v) is 10.5. The van der Waals surface area contributed by atoms with E-state index in [2.05, 4.69) is 20.9 Å². The minimum Gasteiger partial charge on any atom is -0.312 e. The van der Waals surface area contributed by atoms with Crippen LogP contribution in [0.3, 0.4) is 0 Å². The first-order chi connectivity index (χ1) is 8.92. The predicted molar refractivity (Wildman–Crippen MR) is 69.6 cm³/mol. The summed E-state index contributed by atoms with van der Waals surface area (Å²) >= 11 is 0.